The number of anilines is 1. The van der Waals surface area contributed by atoms with Crippen molar-refractivity contribution in [2.24, 2.45) is 0 Å². The zero-order valence-corrected chi connectivity index (χ0v) is 13.9. The first kappa shape index (κ1) is 17.9. The van der Waals surface area contributed by atoms with Gasteiger partial charge in [0.1, 0.15) is 23.7 Å². The normalized spacial score (nSPS) is 15.5. The highest BCUT2D eigenvalue weighted by molar-refractivity contribution is 6.39. The molecular formula is C20H13FN2O4. The molecule has 4 amide bonds. The lowest BCUT2D eigenvalue weighted by Crippen LogP contribution is -2.54. The summed E-state index contributed by atoms with van der Waals surface area (Å²) in [6.45, 7) is 0.000166. The van der Waals surface area contributed by atoms with E-state index in [0.717, 1.165) is 6.07 Å². The number of imide groups is 2. The molecule has 27 heavy (non-hydrogen) atoms. The van der Waals surface area contributed by atoms with Crippen molar-refractivity contribution in [3.05, 3.63) is 65.5 Å². The fourth-order valence-electron chi connectivity index (χ4n) is 2.52. The van der Waals surface area contributed by atoms with Crippen LogP contribution in [-0.2, 0) is 9.59 Å². The lowest BCUT2D eigenvalue weighted by Gasteiger charge is -2.26. The molecule has 2 aromatic rings. The first-order chi connectivity index (χ1) is 13.0. The summed E-state index contributed by atoms with van der Waals surface area (Å²) in [5.41, 5.74) is -0.182. The molecule has 0 saturated carbocycles. The van der Waals surface area contributed by atoms with Gasteiger partial charge in [0, 0.05) is 5.56 Å². The predicted octanol–water partition coefficient (Wildman–Crippen LogP) is 2.50. The average molecular weight is 364 g/mol. The van der Waals surface area contributed by atoms with Gasteiger partial charge in [0.25, 0.3) is 11.8 Å². The maximum atomic E-state index is 14.1. The van der Waals surface area contributed by atoms with E-state index in [1.54, 1.807) is 24.3 Å². The number of hydrogen-bond acceptors (Lipinski definition) is 4. The quantitative estimate of drug-likeness (QED) is 0.514. The predicted molar refractivity (Wildman–Crippen MR) is 96.2 cm³/mol. The third-order valence-corrected chi connectivity index (χ3v) is 3.72. The summed E-state index contributed by atoms with van der Waals surface area (Å²) < 4.78 is 19.4. The largest absolute Gasteiger partial charge is 0.480 e. The third-order valence-electron chi connectivity index (χ3n) is 3.72. The van der Waals surface area contributed by atoms with Gasteiger partial charge in [-0.3, -0.25) is 14.9 Å². The fraction of sp³-hybridized carbons (Fsp3) is 0.0500. The van der Waals surface area contributed by atoms with Crippen LogP contribution in [0.3, 0.4) is 0 Å². The number of halogens is 1. The lowest BCUT2D eigenvalue weighted by molar-refractivity contribution is -0.122. The molecule has 0 aromatic heterocycles. The Balaban J connectivity index is 2.03. The van der Waals surface area contributed by atoms with Gasteiger partial charge in [-0.15, -0.1) is 6.42 Å². The minimum Gasteiger partial charge on any atom is -0.480 e. The Bertz CT molecular complexity index is 1010. The smallest absolute Gasteiger partial charge is 0.336 e. The second kappa shape index (κ2) is 7.54. The fourth-order valence-corrected chi connectivity index (χ4v) is 2.52. The van der Waals surface area contributed by atoms with Crippen molar-refractivity contribution in [2.45, 2.75) is 0 Å². The monoisotopic (exact) mass is 364 g/mol. The molecule has 1 heterocycles. The van der Waals surface area contributed by atoms with Crippen LogP contribution in [0.5, 0.6) is 5.75 Å². The molecule has 1 saturated heterocycles. The Hall–Kier alpha value is -3.92. The van der Waals surface area contributed by atoms with Gasteiger partial charge in [-0.1, -0.05) is 36.3 Å². The molecule has 0 aliphatic carbocycles. The molecule has 2 aromatic carbocycles. The number of urea groups is 1. The maximum absolute atomic E-state index is 14.1. The van der Waals surface area contributed by atoms with Gasteiger partial charge in [0.2, 0.25) is 0 Å². The first-order valence-corrected chi connectivity index (χ1v) is 7.84. The number of amides is 4. The number of terminal acetylenes is 1. The molecule has 7 heteroatoms. The van der Waals surface area contributed by atoms with Crippen LogP contribution in [0, 0.1) is 18.2 Å². The Morgan fingerprint density at radius 2 is 1.81 bits per heavy atom. The summed E-state index contributed by atoms with van der Waals surface area (Å²) in [5, 5.41) is 2.04. The van der Waals surface area contributed by atoms with E-state index in [-0.39, 0.29) is 17.9 Å². The Kier molecular flexibility index (Phi) is 4.99. The van der Waals surface area contributed by atoms with Gasteiger partial charge in [0.15, 0.2) is 0 Å². The van der Waals surface area contributed by atoms with E-state index in [1.807, 2.05) is 5.32 Å². The molecule has 0 unspecified atom stereocenters. The highest BCUT2D eigenvalue weighted by atomic mass is 19.1. The number of barbiturate groups is 1. The molecule has 134 valence electrons. The van der Waals surface area contributed by atoms with E-state index in [4.69, 9.17) is 11.2 Å². The second-order valence-electron chi connectivity index (χ2n) is 5.44. The third kappa shape index (κ3) is 3.55. The van der Waals surface area contributed by atoms with Crippen molar-refractivity contribution in [1.29, 1.82) is 0 Å². The van der Waals surface area contributed by atoms with Crippen LogP contribution < -0.4 is 15.0 Å². The van der Waals surface area contributed by atoms with Gasteiger partial charge >= 0.3 is 6.03 Å². The van der Waals surface area contributed by atoms with Crippen LogP contribution in [0.25, 0.3) is 6.08 Å². The van der Waals surface area contributed by atoms with Gasteiger partial charge in [-0.2, -0.15) is 0 Å². The van der Waals surface area contributed by atoms with Crippen molar-refractivity contribution >= 4 is 29.6 Å². The van der Waals surface area contributed by atoms with Crippen molar-refractivity contribution in [2.75, 3.05) is 11.5 Å². The molecular weight excluding hydrogens is 351 g/mol. The molecule has 0 atom stereocenters. The van der Waals surface area contributed by atoms with E-state index >= 15 is 0 Å². The summed E-state index contributed by atoms with van der Waals surface area (Å²) in [5.74, 6) is 0.0810. The van der Waals surface area contributed by atoms with E-state index in [2.05, 4.69) is 5.92 Å². The van der Waals surface area contributed by atoms with Gasteiger partial charge in [0.05, 0.1) is 5.69 Å². The lowest BCUT2D eigenvalue weighted by atomic mass is 10.1. The van der Waals surface area contributed by atoms with Crippen LogP contribution >= 0.6 is 0 Å². The minimum absolute atomic E-state index is 0.000166. The Morgan fingerprint density at radius 3 is 2.56 bits per heavy atom. The van der Waals surface area contributed by atoms with Gasteiger partial charge < -0.3 is 4.74 Å². The van der Waals surface area contributed by atoms with Crippen molar-refractivity contribution in [3.63, 3.8) is 0 Å². The minimum atomic E-state index is -1.02. The molecule has 1 fully saturated rings. The van der Waals surface area contributed by atoms with E-state index < -0.39 is 23.7 Å². The standard InChI is InChI=1S/C20H13FN2O4/c1-2-11-27-17-10-6-3-7-13(17)12-14-18(24)22-20(26)23(19(14)25)16-9-5-4-8-15(16)21/h1,3-10,12H,11H2,(H,22,24,26). The molecule has 0 bridgehead atoms. The summed E-state index contributed by atoms with van der Waals surface area (Å²) in [6.07, 6.45) is 6.45. The molecule has 3 rings (SSSR count). The first-order valence-electron chi connectivity index (χ1n) is 7.84. The van der Waals surface area contributed by atoms with Crippen LogP contribution in [0.4, 0.5) is 14.9 Å². The highest BCUT2D eigenvalue weighted by Gasteiger charge is 2.38. The van der Waals surface area contributed by atoms with Crippen LogP contribution in [-0.4, -0.2) is 24.5 Å². The number of para-hydroxylation sites is 2. The summed E-state index contributed by atoms with van der Waals surface area (Å²) in [7, 11) is 0. The van der Waals surface area contributed by atoms with Crippen molar-refractivity contribution in [1.82, 2.24) is 5.32 Å². The zero-order valence-electron chi connectivity index (χ0n) is 13.9. The number of benzene rings is 2. The average Bonchev–Trinajstić information content (AvgIpc) is 2.65. The second-order valence-corrected chi connectivity index (χ2v) is 5.44. The maximum Gasteiger partial charge on any atom is 0.336 e. The van der Waals surface area contributed by atoms with Crippen molar-refractivity contribution in [3.8, 4) is 18.1 Å². The number of carbonyl (C=O) groups excluding carboxylic acids is 3. The number of carbonyl (C=O) groups is 3. The van der Waals surface area contributed by atoms with Crippen LogP contribution in [0.15, 0.2) is 54.1 Å². The topological polar surface area (TPSA) is 75.7 Å². The Labute approximate surface area is 154 Å². The molecule has 1 aliphatic heterocycles. The number of ether oxygens (including phenoxy) is 1. The van der Waals surface area contributed by atoms with Crippen LogP contribution in [0.2, 0.25) is 0 Å². The van der Waals surface area contributed by atoms with E-state index in [9.17, 15) is 18.8 Å². The summed E-state index contributed by atoms with van der Waals surface area (Å²) in [4.78, 5) is 37.6. The molecule has 6 nitrogen and oxygen atoms in total. The number of nitrogens with one attached hydrogen (secondary N) is 1. The number of hydrogen-bond donors (Lipinski definition) is 1. The molecule has 0 radical (unpaired) electrons. The van der Waals surface area contributed by atoms with E-state index in [0.29, 0.717) is 16.2 Å². The van der Waals surface area contributed by atoms with Gasteiger partial charge in [-0.05, 0) is 24.3 Å². The van der Waals surface area contributed by atoms with E-state index in [1.165, 1.54) is 24.3 Å². The SMILES string of the molecule is C#CCOc1ccccc1C=C1C(=O)NC(=O)N(c2ccccc2F)C1=O. The zero-order chi connectivity index (χ0) is 19.4. The Morgan fingerprint density at radius 1 is 1.11 bits per heavy atom. The highest BCUT2D eigenvalue weighted by Crippen LogP contribution is 2.26. The molecule has 1 aliphatic rings. The van der Waals surface area contributed by atoms with Gasteiger partial charge in [-0.25, -0.2) is 14.1 Å². The van der Waals surface area contributed by atoms with Crippen molar-refractivity contribution < 1.29 is 23.5 Å². The molecule has 1 N–H and O–H groups in total. The molecule has 0 spiro atoms. The number of rotatable bonds is 4. The number of nitrogens with zero attached hydrogens (tertiary/aromatic N) is 1. The summed E-state index contributed by atoms with van der Waals surface area (Å²) in [6, 6.07) is 10.9. The summed E-state index contributed by atoms with van der Waals surface area (Å²) >= 11 is 0. The van der Waals surface area contributed by atoms with Crippen LogP contribution in [0.1, 0.15) is 5.56 Å².